The highest BCUT2D eigenvalue weighted by Gasteiger charge is 2.22. The molecule has 0 atom stereocenters. The van der Waals surface area contributed by atoms with Crippen molar-refractivity contribution in [1.29, 1.82) is 0 Å². The summed E-state index contributed by atoms with van der Waals surface area (Å²) in [6.45, 7) is 0. The summed E-state index contributed by atoms with van der Waals surface area (Å²) in [5, 5.41) is 0.172. The third-order valence-electron chi connectivity index (χ3n) is 1.58. The molecular weight excluding hydrogens is 192 g/mol. The Balaban J connectivity index is 2.16. The average Bonchev–Trinajstić information content (AvgIpc) is 2.58. The molecule has 0 saturated carbocycles. The zero-order valence-corrected chi connectivity index (χ0v) is 7.83. The van der Waals surface area contributed by atoms with Crippen LogP contribution in [-0.2, 0) is 9.59 Å². The topological polar surface area (TPSA) is 34.1 Å². The minimum Gasteiger partial charge on any atom is -0.294 e. The summed E-state index contributed by atoms with van der Waals surface area (Å²) in [5.41, 5.74) is 0. The number of thioether (sulfide) groups is 2. The van der Waals surface area contributed by atoms with Gasteiger partial charge in [-0.25, -0.2) is 0 Å². The third-order valence-corrected chi connectivity index (χ3v) is 3.79. The molecule has 2 heterocycles. The number of hydrogen-bond acceptors (Lipinski definition) is 4. The number of rotatable bonds is 1. The Morgan fingerprint density at radius 2 is 2.08 bits per heavy atom. The van der Waals surface area contributed by atoms with Gasteiger partial charge in [-0.05, 0) is 6.08 Å². The predicted molar refractivity (Wildman–Crippen MR) is 50.8 cm³/mol. The Hall–Kier alpha value is -0.480. The molecule has 2 rings (SSSR count). The quantitative estimate of drug-likeness (QED) is 0.642. The smallest absolute Gasteiger partial charge is 0.197 e. The first kappa shape index (κ1) is 8.13. The normalized spacial score (nSPS) is 23.0. The van der Waals surface area contributed by atoms with Gasteiger partial charge in [0.2, 0.25) is 0 Å². The van der Waals surface area contributed by atoms with E-state index < -0.39 is 0 Å². The van der Waals surface area contributed by atoms with Crippen molar-refractivity contribution in [2.24, 2.45) is 0 Å². The standard InChI is InChI=1S/C8H6O2S2/c9-5-3-7(11-4-5)6-1-2-8(10)12-6/h1,3H,2,4H2. The highest BCUT2D eigenvalue weighted by molar-refractivity contribution is 8.19. The lowest BCUT2D eigenvalue weighted by Crippen LogP contribution is -1.86. The van der Waals surface area contributed by atoms with Gasteiger partial charge in [0.05, 0.1) is 5.75 Å². The molecule has 0 spiro atoms. The number of carbonyl (C=O) groups is 2. The van der Waals surface area contributed by atoms with Crippen LogP contribution in [0.15, 0.2) is 22.0 Å². The van der Waals surface area contributed by atoms with Crippen LogP contribution in [0.5, 0.6) is 0 Å². The molecule has 62 valence electrons. The summed E-state index contributed by atoms with van der Waals surface area (Å²) >= 11 is 2.77. The monoisotopic (exact) mass is 198 g/mol. The van der Waals surface area contributed by atoms with Crippen molar-refractivity contribution in [2.45, 2.75) is 6.42 Å². The molecule has 2 nitrogen and oxygen atoms in total. The van der Waals surface area contributed by atoms with Gasteiger partial charge >= 0.3 is 0 Å². The van der Waals surface area contributed by atoms with Crippen molar-refractivity contribution >= 4 is 34.4 Å². The second-order valence-corrected chi connectivity index (χ2v) is 4.63. The van der Waals surface area contributed by atoms with Gasteiger partial charge in [-0.1, -0.05) is 17.8 Å². The summed E-state index contributed by atoms with van der Waals surface area (Å²) < 4.78 is 0. The first-order chi connectivity index (χ1) is 5.75. The van der Waals surface area contributed by atoms with Gasteiger partial charge in [0.25, 0.3) is 0 Å². The van der Waals surface area contributed by atoms with E-state index in [4.69, 9.17) is 0 Å². The Kier molecular flexibility index (Phi) is 2.11. The number of hydrogen-bond donors (Lipinski definition) is 0. The molecule has 0 aliphatic carbocycles. The molecule has 0 N–H and O–H groups in total. The molecule has 0 radical (unpaired) electrons. The van der Waals surface area contributed by atoms with Crippen LogP contribution in [0.3, 0.4) is 0 Å². The molecule has 0 aromatic heterocycles. The van der Waals surface area contributed by atoms with E-state index in [0.717, 1.165) is 9.81 Å². The summed E-state index contributed by atoms with van der Waals surface area (Å²) in [5.74, 6) is 0.678. The van der Waals surface area contributed by atoms with E-state index in [9.17, 15) is 9.59 Å². The number of ketones is 1. The van der Waals surface area contributed by atoms with Crippen LogP contribution in [0.25, 0.3) is 0 Å². The van der Waals surface area contributed by atoms with E-state index in [2.05, 4.69) is 0 Å². The molecule has 2 aliphatic heterocycles. The summed E-state index contributed by atoms with van der Waals surface area (Å²) in [6, 6.07) is 0. The maximum Gasteiger partial charge on any atom is 0.197 e. The summed E-state index contributed by atoms with van der Waals surface area (Å²) in [4.78, 5) is 23.7. The average molecular weight is 198 g/mol. The second-order valence-electron chi connectivity index (χ2n) is 2.51. The van der Waals surface area contributed by atoms with Crippen LogP contribution in [0.2, 0.25) is 0 Å². The lowest BCUT2D eigenvalue weighted by Gasteiger charge is -1.96. The van der Waals surface area contributed by atoms with Crippen molar-refractivity contribution in [3.05, 3.63) is 22.0 Å². The molecule has 0 bridgehead atoms. The van der Waals surface area contributed by atoms with Crippen molar-refractivity contribution in [1.82, 2.24) is 0 Å². The van der Waals surface area contributed by atoms with E-state index in [-0.39, 0.29) is 10.9 Å². The zero-order chi connectivity index (χ0) is 8.55. The minimum absolute atomic E-state index is 0.149. The summed E-state index contributed by atoms with van der Waals surface area (Å²) in [7, 11) is 0. The van der Waals surface area contributed by atoms with E-state index in [1.165, 1.54) is 23.5 Å². The molecule has 0 aromatic carbocycles. The molecule has 0 saturated heterocycles. The maximum atomic E-state index is 10.9. The Morgan fingerprint density at radius 3 is 2.58 bits per heavy atom. The van der Waals surface area contributed by atoms with Gasteiger partial charge in [-0.3, -0.25) is 9.59 Å². The Labute approximate surface area is 78.5 Å². The molecule has 12 heavy (non-hydrogen) atoms. The zero-order valence-electron chi connectivity index (χ0n) is 6.20. The summed E-state index contributed by atoms with van der Waals surface area (Å²) in [6.07, 6.45) is 4.03. The molecule has 0 aromatic rings. The van der Waals surface area contributed by atoms with E-state index in [1.807, 2.05) is 6.08 Å². The van der Waals surface area contributed by atoms with Gasteiger partial charge in [0, 0.05) is 16.2 Å². The van der Waals surface area contributed by atoms with Gasteiger partial charge in [0.1, 0.15) is 0 Å². The van der Waals surface area contributed by atoms with E-state index in [1.54, 1.807) is 6.08 Å². The van der Waals surface area contributed by atoms with Crippen molar-refractivity contribution < 1.29 is 9.59 Å². The SMILES string of the molecule is O=C1C=C(C2=CCC(=O)S2)SC1. The Morgan fingerprint density at radius 1 is 1.25 bits per heavy atom. The first-order valence-corrected chi connectivity index (χ1v) is 5.34. The van der Waals surface area contributed by atoms with Crippen LogP contribution in [0, 0.1) is 0 Å². The van der Waals surface area contributed by atoms with Crippen LogP contribution in [0.4, 0.5) is 0 Å². The van der Waals surface area contributed by atoms with E-state index >= 15 is 0 Å². The first-order valence-electron chi connectivity index (χ1n) is 3.54. The van der Waals surface area contributed by atoms with Crippen LogP contribution in [0.1, 0.15) is 6.42 Å². The fourth-order valence-electron chi connectivity index (χ4n) is 1.05. The number of carbonyl (C=O) groups excluding carboxylic acids is 2. The predicted octanol–water partition coefficient (Wildman–Crippen LogP) is 1.73. The third kappa shape index (κ3) is 1.49. The van der Waals surface area contributed by atoms with Crippen LogP contribution >= 0.6 is 23.5 Å². The fourth-order valence-corrected chi connectivity index (χ4v) is 2.91. The largest absolute Gasteiger partial charge is 0.294 e. The van der Waals surface area contributed by atoms with Gasteiger partial charge in [-0.15, -0.1) is 11.8 Å². The van der Waals surface area contributed by atoms with Gasteiger partial charge in [-0.2, -0.15) is 0 Å². The molecule has 0 fully saturated rings. The van der Waals surface area contributed by atoms with Crippen molar-refractivity contribution in [2.75, 3.05) is 5.75 Å². The van der Waals surface area contributed by atoms with Crippen molar-refractivity contribution in [3.63, 3.8) is 0 Å². The second kappa shape index (κ2) is 3.11. The number of allylic oxidation sites excluding steroid dienone is 2. The lowest BCUT2D eigenvalue weighted by atomic mass is 10.3. The minimum atomic E-state index is 0.149. The molecular formula is C8H6O2S2. The van der Waals surface area contributed by atoms with Gasteiger partial charge < -0.3 is 0 Å². The molecule has 0 unspecified atom stereocenters. The van der Waals surface area contributed by atoms with Crippen molar-refractivity contribution in [3.8, 4) is 0 Å². The highest BCUT2D eigenvalue weighted by Crippen LogP contribution is 2.40. The fraction of sp³-hybridized carbons (Fsp3) is 0.250. The lowest BCUT2D eigenvalue weighted by molar-refractivity contribution is -0.112. The Bertz CT molecular complexity index is 315. The van der Waals surface area contributed by atoms with Gasteiger partial charge in [0.15, 0.2) is 10.9 Å². The maximum absolute atomic E-state index is 10.9. The van der Waals surface area contributed by atoms with E-state index in [0.29, 0.717) is 12.2 Å². The van der Waals surface area contributed by atoms with Crippen LogP contribution < -0.4 is 0 Å². The van der Waals surface area contributed by atoms with Crippen LogP contribution in [-0.4, -0.2) is 16.7 Å². The molecule has 4 heteroatoms. The highest BCUT2D eigenvalue weighted by atomic mass is 32.2. The molecule has 2 aliphatic rings. The molecule has 0 amide bonds.